The summed E-state index contributed by atoms with van der Waals surface area (Å²) in [7, 11) is 0. The van der Waals surface area contributed by atoms with Crippen molar-refractivity contribution in [3.8, 4) is 0 Å². The van der Waals surface area contributed by atoms with Gasteiger partial charge < -0.3 is 15.5 Å². The number of rotatable bonds is 6. The molecule has 2 aromatic heterocycles. The van der Waals surface area contributed by atoms with Crippen molar-refractivity contribution < 1.29 is 9.59 Å². The molecule has 0 aliphatic carbocycles. The molecule has 3 aromatic rings. The normalized spacial score (nSPS) is 10.7. The highest BCUT2D eigenvalue weighted by Gasteiger charge is 2.16. The van der Waals surface area contributed by atoms with Crippen LogP contribution in [-0.2, 0) is 4.79 Å². The molecule has 0 aliphatic rings. The molecule has 2 amide bonds. The lowest BCUT2D eigenvalue weighted by Gasteiger charge is -2.16. The van der Waals surface area contributed by atoms with E-state index in [0.717, 1.165) is 27.8 Å². The third-order valence-corrected chi connectivity index (χ3v) is 6.00. The average molecular weight is 389 g/mol. The first-order valence-corrected chi connectivity index (χ1v) is 9.97. The van der Waals surface area contributed by atoms with Crippen LogP contribution in [0.25, 0.3) is 9.53 Å². The predicted molar refractivity (Wildman–Crippen MR) is 110 cm³/mol. The van der Waals surface area contributed by atoms with Crippen molar-refractivity contribution in [1.82, 2.24) is 4.98 Å². The Balaban J connectivity index is 1.76. The summed E-state index contributed by atoms with van der Waals surface area (Å²) in [4.78, 5) is 32.0. The molecule has 136 valence electrons. The Morgan fingerprint density at radius 2 is 1.77 bits per heavy atom. The molecule has 0 saturated carbocycles. The van der Waals surface area contributed by atoms with Gasteiger partial charge in [-0.2, -0.15) is 0 Å². The molecule has 26 heavy (non-hydrogen) atoms. The maximum absolute atomic E-state index is 12.5. The molecule has 8 heteroatoms. The van der Waals surface area contributed by atoms with E-state index >= 15 is 0 Å². The Bertz CT molecular complexity index is 912. The fourth-order valence-corrected chi connectivity index (χ4v) is 4.77. The highest BCUT2D eigenvalue weighted by molar-refractivity contribution is 7.29. The van der Waals surface area contributed by atoms with Gasteiger partial charge in [0.15, 0.2) is 5.13 Å². The average Bonchev–Trinajstić information content (AvgIpc) is 3.15. The first-order valence-electron chi connectivity index (χ1n) is 8.34. The van der Waals surface area contributed by atoms with Crippen LogP contribution >= 0.6 is 22.7 Å². The highest BCUT2D eigenvalue weighted by atomic mass is 32.1. The van der Waals surface area contributed by atoms with Crippen LogP contribution in [0.5, 0.6) is 0 Å². The number of amides is 2. The molecule has 0 spiro atoms. The van der Waals surface area contributed by atoms with Gasteiger partial charge in [-0.1, -0.05) is 17.4 Å². The first kappa shape index (κ1) is 18.3. The van der Waals surface area contributed by atoms with Crippen LogP contribution in [0.4, 0.5) is 16.5 Å². The van der Waals surface area contributed by atoms with Crippen LogP contribution in [-0.4, -0.2) is 29.9 Å². The largest absolute Gasteiger partial charge is 0.349 e. The molecule has 0 aliphatic heterocycles. The van der Waals surface area contributed by atoms with Gasteiger partial charge in [-0.05, 0) is 38.1 Å². The van der Waals surface area contributed by atoms with Crippen molar-refractivity contribution in [2.45, 2.75) is 20.8 Å². The lowest BCUT2D eigenvalue weighted by molar-refractivity contribution is -0.114. The lowest BCUT2D eigenvalue weighted by Crippen LogP contribution is -2.21. The summed E-state index contributed by atoms with van der Waals surface area (Å²) in [5, 5.41) is 6.56. The van der Waals surface area contributed by atoms with Crippen LogP contribution < -0.4 is 15.5 Å². The molecule has 6 nitrogen and oxygen atoms in total. The van der Waals surface area contributed by atoms with Crippen molar-refractivity contribution in [3.63, 3.8) is 0 Å². The number of carbonyl (C=O) groups excluding carboxylic acids is 2. The van der Waals surface area contributed by atoms with Crippen molar-refractivity contribution in [3.05, 3.63) is 35.2 Å². The van der Waals surface area contributed by atoms with E-state index in [1.165, 1.54) is 18.3 Å². The van der Waals surface area contributed by atoms with Gasteiger partial charge >= 0.3 is 0 Å². The van der Waals surface area contributed by atoms with Gasteiger partial charge in [0.2, 0.25) is 5.91 Å². The third-order valence-electron chi connectivity index (χ3n) is 3.78. The summed E-state index contributed by atoms with van der Waals surface area (Å²) >= 11 is 3.00. The number of aromatic nitrogens is 1. The second-order valence-electron chi connectivity index (χ2n) is 5.66. The summed E-state index contributed by atoms with van der Waals surface area (Å²) in [5.74, 6) is -0.327. The molecule has 0 fully saturated rings. The number of benzene rings is 1. The number of hydrogen-bond acceptors (Lipinski definition) is 6. The molecular weight excluding hydrogens is 368 g/mol. The zero-order valence-electron chi connectivity index (χ0n) is 14.8. The second-order valence-corrected chi connectivity index (χ2v) is 7.70. The fraction of sp³-hybridized carbons (Fsp3) is 0.278. The number of thiazole rings is 1. The number of carbonyl (C=O) groups is 2. The van der Waals surface area contributed by atoms with Crippen LogP contribution in [0.3, 0.4) is 0 Å². The zero-order valence-corrected chi connectivity index (χ0v) is 16.5. The minimum absolute atomic E-state index is 0.151. The first-order chi connectivity index (χ1) is 12.5. The summed E-state index contributed by atoms with van der Waals surface area (Å²) in [5.41, 5.74) is 1.28. The maximum atomic E-state index is 12.5. The second kappa shape index (κ2) is 7.84. The third kappa shape index (κ3) is 4.03. The van der Waals surface area contributed by atoms with Gasteiger partial charge in [0.05, 0.1) is 9.58 Å². The van der Waals surface area contributed by atoms with Gasteiger partial charge in [-0.3, -0.25) is 9.59 Å². The summed E-state index contributed by atoms with van der Waals surface area (Å²) in [6, 6.07) is 8.96. The van der Waals surface area contributed by atoms with E-state index in [-0.39, 0.29) is 11.8 Å². The molecule has 0 saturated heterocycles. The van der Waals surface area contributed by atoms with Gasteiger partial charge in [-0.25, -0.2) is 4.98 Å². The molecular formula is C18H20N4O2S2. The van der Waals surface area contributed by atoms with Gasteiger partial charge in [0.25, 0.3) is 5.91 Å². The van der Waals surface area contributed by atoms with E-state index in [4.69, 9.17) is 0 Å². The molecule has 2 heterocycles. The number of anilines is 3. The number of nitrogens with one attached hydrogen (secondary N) is 2. The Morgan fingerprint density at radius 3 is 2.38 bits per heavy atom. The quantitative estimate of drug-likeness (QED) is 0.656. The highest BCUT2D eigenvalue weighted by Crippen LogP contribution is 2.34. The number of hydrogen-bond donors (Lipinski definition) is 2. The molecule has 2 N–H and O–H groups in total. The van der Waals surface area contributed by atoms with Crippen molar-refractivity contribution in [2.75, 3.05) is 28.6 Å². The number of fused-ring (bicyclic) bond motifs is 1. The Morgan fingerprint density at radius 1 is 1.08 bits per heavy atom. The van der Waals surface area contributed by atoms with E-state index in [1.54, 1.807) is 35.6 Å². The Kier molecular flexibility index (Phi) is 5.53. The molecule has 0 radical (unpaired) electrons. The Labute approximate surface area is 159 Å². The topological polar surface area (TPSA) is 74.3 Å². The summed E-state index contributed by atoms with van der Waals surface area (Å²) < 4.78 is 1.02. The van der Waals surface area contributed by atoms with Gasteiger partial charge in [0.1, 0.15) is 4.83 Å². The standard InChI is InChI=1S/C18H20N4O2S2/c1-4-22(5-2)18-21-17-15(26-18)10-14(25-17)16(24)20-13-8-6-7-12(9-13)19-11(3)23/h6-10H,4-5H2,1-3H3,(H,19,23)(H,20,24). The van der Waals surface area contributed by atoms with Crippen LogP contribution in [0.1, 0.15) is 30.4 Å². The van der Waals surface area contributed by atoms with E-state index < -0.39 is 0 Å². The molecule has 0 unspecified atom stereocenters. The van der Waals surface area contributed by atoms with E-state index in [2.05, 4.69) is 34.4 Å². The lowest BCUT2D eigenvalue weighted by atomic mass is 10.2. The van der Waals surface area contributed by atoms with Crippen molar-refractivity contribution >= 4 is 60.5 Å². The zero-order chi connectivity index (χ0) is 18.7. The monoisotopic (exact) mass is 388 g/mol. The van der Waals surface area contributed by atoms with Crippen molar-refractivity contribution in [2.24, 2.45) is 0 Å². The van der Waals surface area contributed by atoms with E-state index in [0.29, 0.717) is 16.3 Å². The summed E-state index contributed by atoms with van der Waals surface area (Å²) in [6.45, 7) is 7.48. The van der Waals surface area contributed by atoms with Crippen LogP contribution in [0.15, 0.2) is 30.3 Å². The van der Waals surface area contributed by atoms with Gasteiger partial charge in [0, 0.05) is 31.4 Å². The van der Waals surface area contributed by atoms with Crippen LogP contribution in [0.2, 0.25) is 0 Å². The van der Waals surface area contributed by atoms with E-state index in [1.807, 2.05) is 6.07 Å². The minimum Gasteiger partial charge on any atom is -0.349 e. The number of nitrogens with zero attached hydrogens (tertiary/aromatic N) is 2. The molecule has 0 atom stereocenters. The van der Waals surface area contributed by atoms with E-state index in [9.17, 15) is 9.59 Å². The molecule has 0 bridgehead atoms. The molecule has 1 aromatic carbocycles. The maximum Gasteiger partial charge on any atom is 0.265 e. The number of thiophene rings is 1. The minimum atomic E-state index is -0.176. The molecule has 3 rings (SSSR count). The van der Waals surface area contributed by atoms with Crippen molar-refractivity contribution in [1.29, 1.82) is 0 Å². The SMILES string of the molecule is CCN(CC)c1nc2sc(C(=O)Nc3cccc(NC(C)=O)c3)cc2s1. The fourth-order valence-electron chi connectivity index (χ4n) is 2.54. The Hall–Kier alpha value is -2.45. The van der Waals surface area contributed by atoms with Crippen LogP contribution in [0, 0.1) is 0 Å². The predicted octanol–water partition coefficient (Wildman–Crippen LogP) is 4.41. The summed E-state index contributed by atoms with van der Waals surface area (Å²) in [6.07, 6.45) is 0. The van der Waals surface area contributed by atoms with Gasteiger partial charge in [-0.15, -0.1) is 11.3 Å². The smallest absolute Gasteiger partial charge is 0.265 e.